The summed E-state index contributed by atoms with van der Waals surface area (Å²) in [6, 6.07) is 11.5. The van der Waals surface area contributed by atoms with E-state index in [1.54, 1.807) is 7.11 Å². The molecule has 0 radical (unpaired) electrons. The highest BCUT2D eigenvalue weighted by atomic mass is 16.5. The maximum Gasteiger partial charge on any atom is 0.310 e. The topological polar surface area (TPSA) is 66.8 Å². The number of carboxylic acid groups (broad SMARTS) is 1. The third kappa shape index (κ3) is 3.98. The monoisotopic (exact) mass is 302 g/mol. The van der Waals surface area contributed by atoms with E-state index in [-0.39, 0.29) is 6.61 Å². The van der Waals surface area contributed by atoms with Crippen LogP contribution in [-0.2, 0) is 4.79 Å². The molecule has 0 saturated carbocycles. The number of carbonyl (C=O) groups is 1. The summed E-state index contributed by atoms with van der Waals surface area (Å²) < 4.78 is 5.20. The zero-order chi connectivity index (χ0) is 15.9. The second-order valence-electron chi connectivity index (χ2n) is 5.44. The smallest absolute Gasteiger partial charge is 0.310 e. The van der Waals surface area contributed by atoms with Crippen molar-refractivity contribution < 1.29 is 19.7 Å². The van der Waals surface area contributed by atoms with Crippen LogP contribution < -0.4 is 4.74 Å². The van der Waals surface area contributed by atoms with Gasteiger partial charge in [-0.15, -0.1) is 0 Å². The molecule has 2 aromatic rings. The molecule has 118 valence electrons. The third-order valence-electron chi connectivity index (χ3n) is 3.92. The number of aliphatic hydroxyl groups is 1. The van der Waals surface area contributed by atoms with Crippen LogP contribution in [0.15, 0.2) is 36.4 Å². The average molecular weight is 302 g/mol. The molecule has 0 aliphatic heterocycles. The van der Waals surface area contributed by atoms with Gasteiger partial charge in [-0.3, -0.25) is 4.79 Å². The number of methoxy groups -OCH3 is 1. The van der Waals surface area contributed by atoms with Gasteiger partial charge in [-0.1, -0.05) is 37.1 Å². The van der Waals surface area contributed by atoms with Crippen molar-refractivity contribution in [2.75, 3.05) is 13.7 Å². The van der Waals surface area contributed by atoms with Crippen LogP contribution in [-0.4, -0.2) is 29.9 Å². The lowest BCUT2D eigenvalue weighted by atomic mass is 9.91. The lowest BCUT2D eigenvalue weighted by molar-refractivity contribution is -0.139. The Morgan fingerprint density at radius 2 is 1.82 bits per heavy atom. The molecule has 0 amide bonds. The fourth-order valence-electron chi connectivity index (χ4n) is 2.66. The van der Waals surface area contributed by atoms with Gasteiger partial charge in [-0.25, -0.2) is 0 Å². The first-order valence-corrected chi connectivity index (χ1v) is 7.57. The minimum absolute atomic E-state index is 0.162. The number of carboxylic acids is 1. The Bertz CT molecular complexity index is 636. The Labute approximate surface area is 130 Å². The molecule has 0 fully saturated rings. The summed E-state index contributed by atoms with van der Waals surface area (Å²) in [5.41, 5.74) is 0.828. The number of rotatable bonds is 8. The molecule has 2 N–H and O–H groups in total. The number of benzene rings is 2. The molecule has 0 spiro atoms. The van der Waals surface area contributed by atoms with E-state index in [1.165, 1.54) is 0 Å². The normalized spacial score (nSPS) is 12.3. The van der Waals surface area contributed by atoms with Crippen LogP contribution in [0.2, 0.25) is 0 Å². The molecule has 22 heavy (non-hydrogen) atoms. The standard InChI is InChI=1S/C18H22O4/c1-22-16-9-8-13-11-15(7-6-14(13)12-16)17(18(20)21)5-3-2-4-10-19/h6-9,11-12,17,19H,2-5,10H2,1H3,(H,20,21). The van der Waals surface area contributed by atoms with Gasteiger partial charge in [0.25, 0.3) is 0 Å². The van der Waals surface area contributed by atoms with Crippen LogP contribution in [0.25, 0.3) is 10.8 Å². The van der Waals surface area contributed by atoms with Crippen molar-refractivity contribution in [1.29, 1.82) is 0 Å². The second kappa shape index (κ2) is 7.80. The highest BCUT2D eigenvalue weighted by Gasteiger charge is 2.19. The van der Waals surface area contributed by atoms with Crippen molar-refractivity contribution in [1.82, 2.24) is 0 Å². The Hall–Kier alpha value is -2.07. The lowest BCUT2D eigenvalue weighted by Gasteiger charge is -2.14. The zero-order valence-electron chi connectivity index (χ0n) is 12.8. The fraction of sp³-hybridized carbons (Fsp3) is 0.389. The lowest BCUT2D eigenvalue weighted by Crippen LogP contribution is -2.11. The van der Waals surface area contributed by atoms with Crippen LogP contribution in [0.1, 0.15) is 37.2 Å². The number of hydrogen-bond donors (Lipinski definition) is 2. The van der Waals surface area contributed by atoms with Crippen molar-refractivity contribution in [2.24, 2.45) is 0 Å². The van der Waals surface area contributed by atoms with E-state index in [1.807, 2.05) is 36.4 Å². The van der Waals surface area contributed by atoms with Crippen LogP contribution in [0.3, 0.4) is 0 Å². The molecular weight excluding hydrogens is 280 g/mol. The molecule has 1 unspecified atom stereocenters. The van der Waals surface area contributed by atoms with Crippen molar-refractivity contribution in [2.45, 2.75) is 31.6 Å². The van der Waals surface area contributed by atoms with Gasteiger partial charge in [0.1, 0.15) is 5.75 Å². The molecule has 4 nitrogen and oxygen atoms in total. The minimum Gasteiger partial charge on any atom is -0.497 e. The molecular formula is C18H22O4. The number of ether oxygens (including phenoxy) is 1. The van der Waals surface area contributed by atoms with Crippen LogP contribution in [0, 0.1) is 0 Å². The number of hydrogen-bond acceptors (Lipinski definition) is 3. The van der Waals surface area contributed by atoms with Crippen molar-refractivity contribution in [3.8, 4) is 5.75 Å². The SMILES string of the molecule is COc1ccc2cc(C(CCCCCO)C(=O)O)ccc2c1. The fourth-order valence-corrected chi connectivity index (χ4v) is 2.66. The van der Waals surface area contributed by atoms with E-state index < -0.39 is 11.9 Å². The molecule has 0 bridgehead atoms. The Balaban J connectivity index is 2.20. The van der Waals surface area contributed by atoms with E-state index in [4.69, 9.17) is 9.84 Å². The Morgan fingerprint density at radius 1 is 1.09 bits per heavy atom. The maximum absolute atomic E-state index is 11.5. The van der Waals surface area contributed by atoms with Gasteiger partial charge in [0, 0.05) is 6.61 Å². The van der Waals surface area contributed by atoms with Crippen LogP contribution in [0.5, 0.6) is 5.75 Å². The van der Waals surface area contributed by atoms with Gasteiger partial charge in [-0.05, 0) is 41.3 Å². The summed E-state index contributed by atoms with van der Waals surface area (Å²) in [6.45, 7) is 0.162. The summed E-state index contributed by atoms with van der Waals surface area (Å²) in [5, 5.41) is 20.3. The maximum atomic E-state index is 11.5. The van der Waals surface area contributed by atoms with Crippen LogP contribution >= 0.6 is 0 Å². The van der Waals surface area contributed by atoms with Crippen molar-refractivity contribution in [3.05, 3.63) is 42.0 Å². The van der Waals surface area contributed by atoms with Crippen LogP contribution in [0.4, 0.5) is 0 Å². The molecule has 2 rings (SSSR count). The van der Waals surface area contributed by atoms with Crippen molar-refractivity contribution in [3.63, 3.8) is 0 Å². The quantitative estimate of drug-likeness (QED) is 0.732. The van der Waals surface area contributed by atoms with Gasteiger partial charge < -0.3 is 14.9 Å². The first kappa shape index (κ1) is 16.3. The Morgan fingerprint density at radius 3 is 2.50 bits per heavy atom. The first-order valence-electron chi connectivity index (χ1n) is 7.57. The summed E-state index contributed by atoms with van der Waals surface area (Å²) >= 11 is 0. The molecule has 0 saturated heterocycles. The molecule has 0 heterocycles. The predicted molar refractivity (Wildman–Crippen MR) is 86.4 cm³/mol. The number of fused-ring (bicyclic) bond motifs is 1. The zero-order valence-corrected chi connectivity index (χ0v) is 12.8. The second-order valence-corrected chi connectivity index (χ2v) is 5.44. The molecule has 2 aromatic carbocycles. The number of aliphatic hydroxyl groups excluding tert-OH is 1. The van der Waals surface area contributed by atoms with E-state index in [9.17, 15) is 9.90 Å². The summed E-state index contributed by atoms with van der Waals surface area (Å²) in [7, 11) is 1.63. The predicted octanol–water partition coefficient (Wildman–Crippen LogP) is 3.57. The molecule has 0 aliphatic rings. The van der Waals surface area contributed by atoms with Crippen molar-refractivity contribution >= 4 is 16.7 Å². The third-order valence-corrected chi connectivity index (χ3v) is 3.92. The van der Waals surface area contributed by atoms with E-state index in [0.29, 0.717) is 6.42 Å². The highest BCUT2D eigenvalue weighted by molar-refractivity contribution is 5.86. The largest absolute Gasteiger partial charge is 0.497 e. The Kier molecular flexibility index (Phi) is 5.78. The molecule has 4 heteroatoms. The minimum atomic E-state index is -0.795. The molecule has 1 atom stereocenters. The van der Waals surface area contributed by atoms with Gasteiger partial charge in [0.2, 0.25) is 0 Å². The van der Waals surface area contributed by atoms with Gasteiger partial charge in [-0.2, -0.15) is 0 Å². The summed E-state index contributed by atoms with van der Waals surface area (Å²) in [4.78, 5) is 11.5. The van der Waals surface area contributed by atoms with E-state index >= 15 is 0 Å². The molecule has 0 aliphatic carbocycles. The highest BCUT2D eigenvalue weighted by Crippen LogP contribution is 2.28. The molecule has 0 aromatic heterocycles. The summed E-state index contributed by atoms with van der Waals surface area (Å²) in [5.74, 6) is -0.499. The van der Waals surface area contributed by atoms with E-state index in [0.717, 1.165) is 41.3 Å². The number of unbranched alkanes of at least 4 members (excludes halogenated alkanes) is 2. The average Bonchev–Trinajstić information content (AvgIpc) is 2.53. The van der Waals surface area contributed by atoms with Gasteiger partial charge in [0.15, 0.2) is 0 Å². The first-order chi connectivity index (χ1) is 10.7. The number of aliphatic carboxylic acids is 1. The van der Waals surface area contributed by atoms with Gasteiger partial charge in [0.05, 0.1) is 13.0 Å². The van der Waals surface area contributed by atoms with Gasteiger partial charge >= 0.3 is 5.97 Å². The van der Waals surface area contributed by atoms with E-state index in [2.05, 4.69) is 0 Å². The summed E-state index contributed by atoms with van der Waals surface area (Å²) in [6.07, 6.45) is 2.98.